The molecule has 5 aliphatic carbocycles. The molecule has 0 N–H and O–H groups in total. The van der Waals surface area contributed by atoms with Crippen molar-refractivity contribution in [3.05, 3.63) is 0 Å². The van der Waals surface area contributed by atoms with E-state index in [-0.39, 0.29) is 10.8 Å². The van der Waals surface area contributed by atoms with Gasteiger partial charge in [-0.3, -0.25) is 4.79 Å². The largest absolute Gasteiger partial charge is 0.298 e. The van der Waals surface area contributed by atoms with Crippen LogP contribution in [0.1, 0.15) is 129 Å². The SMILES string of the molecule is CCC1CCC(C2CCC3(CC2)CC2(CCC(C4CCC(C)CC4)CC2)C3=O)CC1. The summed E-state index contributed by atoms with van der Waals surface area (Å²) in [5.41, 5.74) is 0.286. The maximum Gasteiger partial charge on any atom is 0.145 e. The van der Waals surface area contributed by atoms with E-state index in [4.69, 9.17) is 0 Å². The molecule has 0 saturated heterocycles. The third kappa shape index (κ3) is 3.83. The number of ketones is 1. The lowest BCUT2D eigenvalue weighted by Gasteiger charge is -2.60. The number of Topliss-reactive ketones (excluding diaryl/α,β-unsaturated/α-hetero) is 1. The van der Waals surface area contributed by atoms with Gasteiger partial charge in [0.15, 0.2) is 0 Å². The van der Waals surface area contributed by atoms with Gasteiger partial charge in [-0.05, 0) is 119 Å². The molecule has 0 heterocycles. The highest BCUT2D eigenvalue weighted by molar-refractivity contribution is 5.96. The fourth-order valence-corrected chi connectivity index (χ4v) is 9.23. The minimum atomic E-state index is 0.143. The summed E-state index contributed by atoms with van der Waals surface area (Å²) in [4.78, 5) is 13.6. The van der Waals surface area contributed by atoms with Gasteiger partial charge in [0, 0.05) is 10.8 Å². The highest BCUT2D eigenvalue weighted by Gasteiger charge is 2.63. The predicted molar refractivity (Wildman–Crippen MR) is 125 cm³/mol. The topological polar surface area (TPSA) is 17.1 Å². The zero-order valence-corrected chi connectivity index (χ0v) is 20.1. The van der Waals surface area contributed by atoms with Gasteiger partial charge in [0.1, 0.15) is 5.78 Å². The molecule has 0 aromatic carbocycles. The zero-order valence-electron chi connectivity index (χ0n) is 20.1. The summed E-state index contributed by atoms with van der Waals surface area (Å²) in [5, 5.41) is 0. The highest BCUT2D eigenvalue weighted by atomic mass is 16.1. The average molecular weight is 413 g/mol. The van der Waals surface area contributed by atoms with E-state index in [9.17, 15) is 4.79 Å². The third-order valence-electron chi connectivity index (χ3n) is 11.5. The Morgan fingerprint density at radius 2 is 1.03 bits per heavy atom. The van der Waals surface area contributed by atoms with E-state index in [2.05, 4.69) is 13.8 Å². The van der Waals surface area contributed by atoms with Crippen LogP contribution in [0.4, 0.5) is 0 Å². The summed E-state index contributed by atoms with van der Waals surface area (Å²) in [6, 6.07) is 0. The van der Waals surface area contributed by atoms with E-state index in [0.717, 1.165) is 41.3 Å². The molecule has 0 unspecified atom stereocenters. The minimum Gasteiger partial charge on any atom is -0.298 e. The Labute approximate surface area is 186 Å². The maximum atomic E-state index is 13.6. The monoisotopic (exact) mass is 412 g/mol. The fraction of sp³-hybridized carbons (Fsp3) is 0.966. The standard InChI is InChI=1S/C29H48O/c1-3-22-6-10-24(11-7-22)26-14-18-29(19-15-26)20-28(27(29)30)16-12-25(13-17-28)23-8-4-21(2)5-9-23/h21-26H,3-20H2,1-2H3. The van der Waals surface area contributed by atoms with Crippen LogP contribution in [0.15, 0.2) is 0 Å². The Balaban J connectivity index is 1.10. The van der Waals surface area contributed by atoms with Gasteiger partial charge in [-0.25, -0.2) is 0 Å². The van der Waals surface area contributed by atoms with Crippen LogP contribution in [0.5, 0.6) is 0 Å². The fourth-order valence-electron chi connectivity index (χ4n) is 9.23. The maximum absolute atomic E-state index is 13.6. The summed E-state index contributed by atoms with van der Waals surface area (Å²) in [6.45, 7) is 4.81. The number of hydrogen-bond acceptors (Lipinski definition) is 1. The first-order chi connectivity index (χ1) is 14.5. The van der Waals surface area contributed by atoms with Crippen LogP contribution in [0.2, 0.25) is 0 Å². The molecule has 5 rings (SSSR count). The quantitative estimate of drug-likeness (QED) is 0.455. The summed E-state index contributed by atoms with van der Waals surface area (Å²) < 4.78 is 0. The summed E-state index contributed by atoms with van der Waals surface area (Å²) in [6.07, 6.45) is 24.9. The molecule has 0 aliphatic heterocycles. The van der Waals surface area contributed by atoms with Gasteiger partial charge < -0.3 is 0 Å². The van der Waals surface area contributed by atoms with Crippen molar-refractivity contribution in [2.75, 3.05) is 0 Å². The molecule has 5 aliphatic rings. The minimum absolute atomic E-state index is 0.143. The predicted octanol–water partition coefficient (Wildman–Crippen LogP) is 8.36. The van der Waals surface area contributed by atoms with Crippen LogP contribution in [-0.2, 0) is 4.79 Å². The smallest absolute Gasteiger partial charge is 0.145 e. The zero-order chi connectivity index (χ0) is 20.8. The van der Waals surface area contributed by atoms with Crippen LogP contribution in [0.25, 0.3) is 0 Å². The molecule has 0 aromatic rings. The van der Waals surface area contributed by atoms with Gasteiger partial charge in [0.05, 0.1) is 0 Å². The van der Waals surface area contributed by atoms with Crippen LogP contribution in [-0.4, -0.2) is 5.78 Å². The lowest BCUT2D eigenvalue weighted by molar-refractivity contribution is -0.170. The second-order valence-corrected chi connectivity index (χ2v) is 13.0. The van der Waals surface area contributed by atoms with Crippen molar-refractivity contribution in [1.29, 1.82) is 0 Å². The van der Waals surface area contributed by atoms with Gasteiger partial charge in [-0.2, -0.15) is 0 Å². The first-order valence-corrected chi connectivity index (χ1v) is 14.1. The molecule has 0 bridgehead atoms. The second kappa shape index (κ2) is 8.55. The molecule has 2 spiro atoms. The number of rotatable bonds is 3. The first-order valence-electron chi connectivity index (χ1n) is 14.1. The lowest BCUT2D eigenvalue weighted by Crippen LogP contribution is -2.60. The molecule has 0 amide bonds. The van der Waals surface area contributed by atoms with Gasteiger partial charge in [0.2, 0.25) is 0 Å². The van der Waals surface area contributed by atoms with Gasteiger partial charge >= 0.3 is 0 Å². The van der Waals surface area contributed by atoms with Gasteiger partial charge in [0.25, 0.3) is 0 Å². The normalized spacial score (nSPS) is 49.9. The molecule has 1 heteroatoms. The van der Waals surface area contributed by atoms with Crippen molar-refractivity contribution in [2.45, 2.75) is 129 Å². The molecule has 0 radical (unpaired) electrons. The Morgan fingerprint density at radius 1 is 0.633 bits per heavy atom. The molecule has 5 saturated carbocycles. The molecular weight excluding hydrogens is 364 g/mol. The van der Waals surface area contributed by atoms with E-state index < -0.39 is 0 Å². The van der Waals surface area contributed by atoms with E-state index in [1.165, 1.54) is 116 Å². The lowest BCUT2D eigenvalue weighted by atomic mass is 9.42. The van der Waals surface area contributed by atoms with E-state index >= 15 is 0 Å². The number of carbonyl (C=O) groups excluding carboxylic acids is 1. The van der Waals surface area contributed by atoms with E-state index in [1.54, 1.807) is 0 Å². The molecule has 0 aromatic heterocycles. The second-order valence-electron chi connectivity index (χ2n) is 13.0. The van der Waals surface area contributed by atoms with Crippen molar-refractivity contribution in [3.8, 4) is 0 Å². The van der Waals surface area contributed by atoms with Crippen molar-refractivity contribution in [2.24, 2.45) is 46.3 Å². The summed E-state index contributed by atoms with van der Waals surface area (Å²) in [5.74, 6) is 6.59. The molecule has 5 fully saturated rings. The van der Waals surface area contributed by atoms with Crippen LogP contribution in [0.3, 0.4) is 0 Å². The van der Waals surface area contributed by atoms with E-state index in [1.807, 2.05) is 0 Å². The average Bonchev–Trinajstić information content (AvgIpc) is 2.80. The van der Waals surface area contributed by atoms with Gasteiger partial charge in [-0.1, -0.05) is 46.0 Å². The van der Waals surface area contributed by atoms with Crippen molar-refractivity contribution < 1.29 is 4.79 Å². The van der Waals surface area contributed by atoms with E-state index in [0.29, 0.717) is 0 Å². The third-order valence-corrected chi connectivity index (χ3v) is 11.5. The van der Waals surface area contributed by atoms with Crippen LogP contribution in [0, 0.1) is 46.3 Å². The van der Waals surface area contributed by atoms with Crippen molar-refractivity contribution in [1.82, 2.24) is 0 Å². The first kappa shape index (κ1) is 21.5. The summed E-state index contributed by atoms with van der Waals surface area (Å²) >= 11 is 0. The number of hydrogen-bond donors (Lipinski definition) is 0. The van der Waals surface area contributed by atoms with Gasteiger partial charge in [-0.15, -0.1) is 0 Å². The molecular formula is C29H48O. The van der Waals surface area contributed by atoms with Crippen molar-refractivity contribution in [3.63, 3.8) is 0 Å². The Morgan fingerprint density at radius 3 is 1.43 bits per heavy atom. The Bertz CT molecular complexity index is 588. The number of carbonyl (C=O) groups is 1. The Kier molecular flexibility index (Phi) is 6.13. The molecule has 30 heavy (non-hydrogen) atoms. The summed E-state index contributed by atoms with van der Waals surface area (Å²) in [7, 11) is 0. The van der Waals surface area contributed by atoms with Crippen LogP contribution < -0.4 is 0 Å². The highest BCUT2D eigenvalue weighted by Crippen LogP contribution is 2.65. The Hall–Kier alpha value is -0.330. The molecule has 170 valence electrons. The van der Waals surface area contributed by atoms with Crippen LogP contribution >= 0.6 is 0 Å². The molecule has 0 atom stereocenters. The van der Waals surface area contributed by atoms with Crippen molar-refractivity contribution >= 4 is 5.78 Å². The molecule has 1 nitrogen and oxygen atoms in total.